The molecule has 94 valence electrons. The van der Waals surface area contributed by atoms with Gasteiger partial charge in [-0.15, -0.1) is 0 Å². The number of aromatic nitrogens is 2. The molecule has 0 aliphatic carbocycles. The third-order valence-electron chi connectivity index (χ3n) is 3.82. The van der Waals surface area contributed by atoms with Crippen molar-refractivity contribution in [3.05, 3.63) is 16.7 Å². The molecule has 1 atom stereocenters. The maximum Gasteiger partial charge on any atom is 0.150 e. The van der Waals surface area contributed by atoms with Gasteiger partial charge in [-0.2, -0.15) is 11.8 Å². The van der Waals surface area contributed by atoms with E-state index in [4.69, 9.17) is 17.3 Å². The standard InChI is InChI=1S/C12H18ClN3S/c13-11-10-7-9(14)1-4-16(10)12(15-11)8-2-5-17-6-3-8/h8-9H,1-7,14H2. The molecule has 2 aliphatic heterocycles. The minimum Gasteiger partial charge on any atom is -0.330 e. The maximum atomic E-state index is 6.25. The van der Waals surface area contributed by atoms with Gasteiger partial charge in [-0.25, -0.2) is 4.98 Å². The predicted molar refractivity (Wildman–Crippen MR) is 72.8 cm³/mol. The van der Waals surface area contributed by atoms with Gasteiger partial charge in [0.15, 0.2) is 5.15 Å². The average molecular weight is 272 g/mol. The first-order chi connectivity index (χ1) is 8.25. The third kappa shape index (κ3) is 2.23. The van der Waals surface area contributed by atoms with E-state index >= 15 is 0 Å². The summed E-state index contributed by atoms with van der Waals surface area (Å²) in [6, 6.07) is 0.256. The predicted octanol–water partition coefficient (Wildman–Crippen LogP) is 2.42. The van der Waals surface area contributed by atoms with Crippen molar-refractivity contribution in [1.82, 2.24) is 9.55 Å². The lowest BCUT2D eigenvalue weighted by Gasteiger charge is -2.26. The summed E-state index contributed by atoms with van der Waals surface area (Å²) in [4.78, 5) is 4.61. The minimum atomic E-state index is 0.256. The van der Waals surface area contributed by atoms with Crippen LogP contribution in [0.15, 0.2) is 0 Å². The second kappa shape index (κ2) is 4.82. The number of rotatable bonds is 1. The zero-order valence-electron chi connectivity index (χ0n) is 9.86. The van der Waals surface area contributed by atoms with Crippen LogP contribution in [0.5, 0.6) is 0 Å². The molecule has 17 heavy (non-hydrogen) atoms. The zero-order chi connectivity index (χ0) is 11.8. The highest BCUT2D eigenvalue weighted by molar-refractivity contribution is 7.99. The normalized spacial score (nSPS) is 25.9. The van der Waals surface area contributed by atoms with Crippen molar-refractivity contribution in [1.29, 1.82) is 0 Å². The fourth-order valence-corrected chi connectivity index (χ4v) is 4.20. The second-order valence-electron chi connectivity index (χ2n) is 5.00. The molecule has 0 bridgehead atoms. The van der Waals surface area contributed by atoms with Crippen LogP contribution in [0.1, 0.15) is 36.7 Å². The number of thioether (sulfide) groups is 1. The molecule has 1 aromatic heterocycles. The van der Waals surface area contributed by atoms with E-state index in [1.54, 1.807) is 0 Å². The SMILES string of the molecule is NC1CCn2c(C3CCSCC3)nc(Cl)c2C1. The molecule has 3 rings (SSSR count). The molecule has 2 aliphatic rings. The van der Waals surface area contributed by atoms with E-state index in [-0.39, 0.29) is 6.04 Å². The summed E-state index contributed by atoms with van der Waals surface area (Å²) in [5.41, 5.74) is 7.17. The minimum absolute atomic E-state index is 0.256. The van der Waals surface area contributed by atoms with Crippen LogP contribution in [0.2, 0.25) is 5.15 Å². The van der Waals surface area contributed by atoms with E-state index < -0.39 is 0 Å². The highest BCUT2D eigenvalue weighted by atomic mass is 35.5. The van der Waals surface area contributed by atoms with Crippen LogP contribution < -0.4 is 5.73 Å². The Morgan fingerprint density at radius 2 is 2.06 bits per heavy atom. The molecule has 0 radical (unpaired) electrons. The van der Waals surface area contributed by atoms with E-state index in [1.807, 2.05) is 11.8 Å². The fraction of sp³-hybridized carbons (Fsp3) is 0.750. The monoisotopic (exact) mass is 271 g/mol. The van der Waals surface area contributed by atoms with Crippen molar-refractivity contribution < 1.29 is 0 Å². The van der Waals surface area contributed by atoms with Gasteiger partial charge in [0.2, 0.25) is 0 Å². The number of hydrogen-bond donors (Lipinski definition) is 1. The highest BCUT2D eigenvalue weighted by Crippen LogP contribution is 2.34. The number of halogens is 1. The summed E-state index contributed by atoms with van der Waals surface area (Å²) in [6.45, 7) is 0.995. The van der Waals surface area contributed by atoms with Crippen molar-refractivity contribution >= 4 is 23.4 Å². The van der Waals surface area contributed by atoms with E-state index in [0.29, 0.717) is 11.1 Å². The van der Waals surface area contributed by atoms with E-state index in [2.05, 4.69) is 9.55 Å². The zero-order valence-corrected chi connectivity index (χ0v) is 11.4. The average Bonchev–Trinajstić information content (AvgIpc) is 2.68. The van der Waals surface area contributed by atoms with Crippen LogP contribution in [-0.2, 0) is 13.0 Å². The second-order valence-corrected chi connectivity index (χ2v) is 6.58. The first kappa shape index (κ1) is 11.9. The Balaban J connectivity index is 1.92. The number of fused-ring (bicyclic) bond motifs is 1. The van der Waals surface area contributed by atoms with E-state index in [9.17, 15) is 0 Å². The molecule has 1 fully saturated rings. The topological polar surface area (TPSA) is 43.8 Å². The van der Waals surface area contributed by atoms with Gasteiger partial charge in [0.05, 0.1) is 5.69 Å². The van der Waals surface area contributed by atoms with E-state index in [1.165, 1.54) is 35.9 Å². The van der Waals surface area contributed by atoms with Crippen molar-refractivity contribution in [3.8, 4) is 0 Å². The van der Waals surface area contributed by atoms with Crippen molar-refractivity contribution in [2.24, 2.45) is 5.73 Å². The first-order valence-corrected chi connectivity index (χ1v) is 7.87. The number of imidazole rings is 1. The van der Waals surface area contributed by atoms with Gasteiger partial charge in [-0.1, -0.05) is 11.6 Å². The van der Waals surface area contributed by atoms with Crippen LogP contribution in [-0.4, -0.2) is 27.1 Å². The molecular weight excluding hydrogens is 254 g/mol. The van der Waals surface area contributed by atoms with Gasteiger partial charge in [0.25, 0.3) is 0 Å². The summed E-state index contributed by atoms with van der Waals surface area (Å²) < 4.78 is 2.34. The smallest absolute Gasteiger partial charge is 0.150 e. The molecule has 2 N–H and O–H groups in total. The summed E-state index contributed by atoms with van der Waals surface area (Å²) in [5, 5.41) is 0.688. The van der Waals surface area contributed by atoms with Crippen molar-refractivity contribution in [3.63, 3.8) is 0 Å². The molecule has 0 saturated carbocycles. The van der Waals surface area contributed by atoms with E-state index in [0.717, 1.165) is 19.4 Å². The molecule has 0 amide bonds. The Bertz CT molecular complexity index is 412. The van der Waals surface area contributed by atoms with Gasteiger partial charge >= 0.3 is 0 Å². The molecule has 3 nitrogen and oxygen atoms in total. The third-order valence-corrected chi connectivity index (χ3v) is 5.17. The molecule has 1 saturated heterocycles. The van der Waals surface area contributed by atoms with Gasteiger partial charge in [-0.3, -0.25) is 0 Å². The quantitative estimate of drug-likeness (QED) is 0.853. The molecule has 1 unspecified atom stereocenters. The van der Waals surface area contributed by atoms with Gasteiger partial charge in [0, 0.05) is 24.9 Å². The fourth-order valence-electron chi connectivity index (χ4n) is 2.83. The van der Waals surface area contributed by atoms with Crippen LogP contribution in [0.4, 0.5) is 0 Å². The Morgan fingerprint density at radius 1 is 1.29 bits per heavy atom. The van der Waals surface area contributed by atoms with Crippen molar-refractivity contribution in [2.75, 3.05) is 11.5 Å². The first-order valence-electron chi connectivity index (χ1n) is 6.34. The van der Waals surface area contributed by atoms with Crippen LogP contribution >= 0.6 is 23.4 Å². The Morgan fingerprint density at radius 3 is 2.82 bits per heavy atom. The Labute approximate surface area is 111 Å². The molecule has 0 spiro atoms. The lowest BCUT2D eigenvalue weighted by atomic mass is 10.0. The van der Waals surface area contributed by atoms with Crippen LogP contribution in [0.3, 0.4) is 0 Å². The molecular formula is C12H18ClN3S. The number of hydrogen-bond acceptors (Lipinski definition) is 3. The molecule has 3 heterocycles. The summed E-state index contributed by atoms with van der Waals surface area (Å²) in [5.74, 6) is 4.34. The summed E-state index contributed by atoms with van der Waals surface area (Å²) >= 11 is 8.30. The lowest BCUT2D eigenvalue weighted by molar-refractivity contribution is 0.442. The Kier molecular flexibility index (Phi) is 3.37. The van der Waals surface area contributed by atoms with Crippen LogP contribution in [0, 0.1) is 0 Å². The van der Waals surface area contributed by atoms with Crippen molar-refractivity contribution in [2.45, 2.75) is 44.2 Å². The number of nitrogens with zero attached hydrogens (tertiary/aromatic N) is 2. The Hall–Kier alpha value is -0.190. The maximum absolute atomic E-state index is 6.25. The van der Waals surface area contributed by atoms with Gasteiger partial charge in [-0.05, 0) is 30.8 Å². The largest absolute Gasteiger partial charge is 0.330 e. The number of nitrogens with two attached hydrogens (primary N) is 1. The highest BCUT2D eigenvalue weighted by Gasteiger charge is 2.27. The van der Waals surface area contributed by atoms with Crippen LogP contribution in [0.25, 0.3) is 0 Å². The lowest BCUT2D eigenvalue weighted by Crippen LogP contribution is -2.31. The summed E-state index contributed by atoms with van der Waals surface area (Å²) in [7, 11) is 0. The molecule has 1 aromatic rings. The molecule has 5 heteroatoms. The van der Waals surface area contributed by atoms with Gasteiger partial charge in [0.1, 0.15) is 5.82 Å². The van der Waals surface area contributed by atoms with Gasteiger partial charge < -0.3 is 10.3 Å². The summed E-state index contributed by atoms with van der Waals surface area (Å²) in [6.07, 6.45) is 4.41. The molecule has 0 aromatic carbocycles.